The molecule has 140 valence electrons. The van der Waals surface area contributed by atoms with Gasteiger partial charge in [0, 0.05) is 31.2 Å². The maximum Gasteiger partial charge on any atom is 0.229 e. The van der Waals surface area contributed by atoms with Crippen molar-refractivity contribution in [1.82, 2.24) is 0 Å². The zero-order valence-electron chi connectivity index (χ0n) is 18.3. The molecule has 4 aromatic rings. The summed E-state index contributed by atoms with van der Waals surface area (Å²) < 4.78 is 17.0. The third-order valence-corrected chi connectivity index (χ3v) is 5.64. The van der Waals surface area contributed by atoms with Crippen LogP contribution in [0.2, 0.25) is 0 Å². The van der Waals surface area contributed by atoms with Gasteiger partial charge in [0.05, 0.1) is 12.1 Å². The van der Waals surface area contributed by atoms with Gasteiger partial charge in [0.2, 0.25) is 11.4 Å². The van der Waals surface area contributed by atoms with Crippen molar-refractivity contribution in [1.29, 1.82) is 0 Å². The third-order valence-electron chi connectivity index (χ3n) is 5.64. The van der Waals surface area contributed by atoms with Gasteiger partial charge in [-0.15, -0.1) is 0 Å². The highest BCUT2D eigenvalue weighted by atomic mass is 16.3. The van der Waals surface area contributed by atoms with Crippen molar-refractivity contribution < 1.29 is 10.4 Å². The molecule has 0 radical (unpaired) electrons. The van der Waals surface area contributed by atoms with Crippen molar-refractivity contribution in [2.75, 3.05) is 0 Å². The number of fused-ring (bicyclic) bond motifs is 3. The molecule has 0 atom stereocenters. The lowest BCUT2D eigenvalue weighted by Crippen LogP contribution is -2.35. The number of rotatable bonds is 2. The van der Waals surface area contributed by atoms with Gasteiger partial charge in [-0.1, -0.05) is 38.1 Å². The molecular weight excluding hydrogens is 344 g/mol. The Morgan fingerprint density at radius 2 is 1.82 bits per heavy atom. The van der Waals surface area contributed by atoms with E-state index in [0.29, 0.717) is 11.3 Å². The number of aryl methyl sites for hydroxylation is 3. The van der Waals surface area contributed by atoms with Crippen molar-refractivity contribution in [2.24, 2.45) is 7.05 Å². The zero-order valence-corrected chi connectivity index (χ0v) is 17.3. The van der Waals surface area contributed by atoms with Gasteiger partial charge >= 0.3 is 0 Å². The molecule has 0 aliphatic rings. The van der Waals surface area contributed by atoms with Crippen molar-refractivity contribution in [3.05, 3.63) is 70.2 Å². The van der Waals surface area contributed by atoms with E-state index in [1.165, 1.54) is 0 Å². The van der Waals surface area contributed by atoms with Crippen LogP contribution in [0.3, 0.4) is 0 Å². The number of hydrogen-bond acceptors (Lipinski definition) is 1. The summed E-state index contributed by atoms with van der Waals surface area (Å²) in [6, 6.07) is 12.1. The molecule has 28 heavy (non-hydrogen) atoms. The molecule has 0 aliphatic heterocycles. The number of para-hydroxylation sites is 1. The largest absolute Gasteiger partial charge is 0.466 e. The number of nitrogens with zero attached hydrogens (tertiary/aromatic N) is 2. The molecule has 0 spiro atoms. The van der Waals surface area contributed by atoms with E-state index in [0.717, 1.165) is 50.0 Å². The van der Waals surface area contributed by atoms with Crippen molar-refractivity contribution in [2.45, 2.75) is 40.5 Å². The summed E-state index contributed by atoms with van der Waals surface area (Å²) >= 11 is 0. The average molecular weight is 370 g/mol. The van der Waals surface area contributed by atoms with Gasteiger partial charge in [-0.2, -0.15) is 4.57 Å². The number of furan rings is 1. The Hall–Kier alpha value is -3.12. The van der Waals surface area contributed by atoms with Crippen LogP contribution in [0.15, 0.2) is 40.8 Å². The highest BCUT2D eigenvalue weighted by Crippen LogP contribution is 2.42. The first-order valence-electron chi connectivity index (χ1n) is 9.98. The lowest BCUT2D eigenvalue weighted by Gasteiger charge is -2.12. The van der Waals surface area contributed by atoms with Gasteiger partial charge in [0.15, 0.2) is 5.69 Å². The Morgan fingerprint density at radius 1 is 1.07 bits per heavy atom. The van der Waals surface area contributed by atoms with Gasteiger partial charge < -0.3 is 4.42 Å². The lowest BCUT2D eigenvalue weighted by atomic mass is 9.94. The zero-order chi connectivity index (χ0) is 21.1. The van der Waals surface area contributed by atoms with Gasteiger partial charge in [-0.05, 0) is 36.4 Å². The Balaban J connectivity index is 2.19. The normalized spacial score (nSPS) is 12.4. The molecule has 0 aliphatic carbocycles. The van der Waals surface area contributed by atoms with Gasteiger partial charge in [0.25, 0.3) is 0 Å². The molecule has 3 heteroatoms. The van der Waals surface area contributed by atoms with Crippen LogP contribution in [0.4, 0.5) is 5.69 Å². The summed E-state index contributed by atoms with van der Waals surface area (Å²) in [7, 11) is 2.05. The fourth-order valence-corrected chi connectivity index (χ4v) is 4.05. The Morgan fingerprint density at radius 3 is 2.50 bits per heavy atom. The van der Waals surface area contributed by atoms with Gasteiger partial charge in [0.1, 0.15) is 18.2 Å². The highest BCUT2D eigenvalue weighted by Gasteiger charge is 2.24. The second kappa shape index (κ2) is 6.49. The molecule has 3 nitrogen and oxygen atoms in total. The highest BCUT2D eigenvalue weighted by molar-refractivity contribution is 6.14. The molecule has 2 aromatic carbocycles. The molecule has 0 bridgehead atoms. The Labute approximate surface area is 167 Å². The molecule has 0 saturated carbocycles. The first-order valence-corrected chi connectivity index (χ1v) is 9.48. The number of pyridine rings is 1. The van der Waals surface area contributed by atoms with E-state index in [9.17, 15) is 0 Å². The third kappa shape index (κ3) is 2.60. The topological polar surface area (TPSA) is 21.4 Å². The molecule has 2 aromatic heterocycles. The molecule has 0 N–H and O–H groups in total. The minimum atomic E-state index is -0.698. The minimum absolute atomic E-state index is 0.531. The van der Waals surface area contributed by atoms with Crippen molar-refractivity contribution in [3.8, 4) is 11.3 Å². The maximum atomic E-state index is 8.52. The summed E-state index contributed by atoms with van der Waals surface area (Å²) in [6.45, 7) is 17.6. The number of hydrogen-bond donors (Lipinski definition) is 0. The maximum absolute atomic E-state index is 8.52. The Bertz CT molecular complexity index is 1330. The standard InChI is InChI=1S/C25H25N2O/c1-14(2)18-12-17(5)27(7)21(13-18)23-16(4)11-15(3)22-19-9-8-10-20(26-6)24(19)28-25(22)23/h8-14H,1-5,7H3/q+1/i14D. The molecule has 0 fully saturated rings. The lowest BCUT2D eigenvalue weighted by molar-refractivity contribution is -0.666. The molecular formula is C25H25N2O+. The predicted molar refractivity (Wildman–Crippen MR) is 115 cm³/mol. The van der Waals surface area contributed by atoms with Crippen LogP contribution in [-0.4, -0.2) is 0 Å². The van der Waals surface area contributed by atoms with Crippen LogP contribution in [0.1, 0.15) is 43.5 Å². The van der Waals surface area contributed by atoms with Gasteiger partial charge in [-0.25, -0.2) is 4.85 Å². The fraction of sp³-hybridized carbons (Fsp3) is 0.280. The molecule has 4 rings (SSSR count). The number of benzene rings is 2. The van der Waals surface area contributed by atoms with Gasteiger partial charge in [-0.3, -0.25) is 0 Å². The van der Waals surface area contributed by atoms with Crippen molar-refractivity contribution in [3.63, 3.8) is 0 Å². The van der Waals surface area contributed by atoms with Crippen LogP contribution in [-0.2, 0) is 7.05 Å². The minimum Gasteiger partial charge on any atom is -0.466 e. The van der Waals surface area contributed by atoms with Crippen LogP contribution in [0.5, 0.6) is 0 Å². The van der Waals surface area contributed by atoms with E-state index in [1.807, 2.05) is 33.0 Å². The van der Waals surface area contributed by atoms with Crippen LogP contribution in [0.25, 0.3) is 38.0 Å². The Kier molecular flexibility index (Phi) is 3.94. The van der Waals surface area contributed by atoms with Crippen LogP contribution in [0, 0.1) is 27.3 Å². The average Bonchev–Trinajstić information content (AvgIpc) is 3.03. The molecule has 0 unspecified atom stereocenters. The van der Waals surface area contributed by atoms with Crippen LogP contribution >= 0.6 is 0 Å². The van der Waals surface area contributed by atoms with Crippen molar-refractivity contribution >= 4 is 27.6 Å². The monoisotopic (exact) mass is 370 g/mol. The summed E-state index contributed by atoms with van der Waals surface area (Å²) in [4.78, 5) is 3.65. The van der Waals surface area contributed by atoms with E-state index < -0.39 is 5.89 Å². The van der Waals surface area contributed by atoms with E-state index in [4.69, 9.17) is 12.4 Å². The molecule has 0 saturated heterocycles. The van der Waals surface area contributed by atoms with E-state index in [2.05, 4.69) is 48.4 Å². The smallest absolute Gasteiger partial charge is 0.229 e. The first-order chi connectivity index (χ1) is 13.6. The predicted octanol–water partition coefficient (Wildman–Crippen LogP) is 6.68. The SMILES string of the molecule is [2H]C(C)(C)c1cc(C)[n+](C)c(-c2c(C)cc(C)c3c2oc2c([N+]#[C-])cccc23)c1. The second-order valence-corrected chi connectivity index (χ2v) is 7.79. The molecule has 2 heterocycles. The second-order valence-electron chi connectivity index (χ2n) is 7.79. The fourth-order valence-electron chi connectivity index (χ4n) is 4.05. The molecule has 0 amide bonds. The van der Waals surface area contributed by atoms with Crippen LogP contribution < -0.4 is 4.57 Å². The summed E-state index contributed by atoms with van der Waals surface area (Å²) in [5.41, 5.74) is 8.33. The quantitative estimate of drug-likeness (QED) is 0.285. The summed E-state index contributed by atoms with van der Waals surface area (Å²) in [6.07, 6.45) is 0. The number of aromatic nitrogens is 1. The van der Waals surface area contributed by atoms with E-state index >= 15 is 0 Å². The van der Waals surface area contributed by atoms with E-state index in [-0.39, 0.29) is 0 Å². The first kappa shape index (κ1) is 17.0. The van der Waals surface area contributed by atoms with E-state index in [1.54, 1.807) is 6.07 Å². The summed E-state index contributed by atoms with van der Waals surface area (Å²) in [5.74, 6) is -0.698. The summed E-state index contributed by atoms with van der Waals surface area (Å²) in [5, 5.41) is 2.03.